The Morgan fingerprint density at radius 3 is 2.57 bits per heavy atom. The van der Waals surface area contributed by atoms with Gasteiger partial charge in [0.05, 0.1) is 11.9 Å². The molecule has 0 unspecified atom stereocenters. The van der Waals surface area contributed by atoms with Gasteiger partial charge < -0.3 is 4.74 Å². The molecule has 1 saturated carbocycles. The molecule has 3 rings (SSSR count). The van der Waals surface area contributed by atoms with E-state index >= 15 is 0 Å². The molecule has 0 bridgehead atoms. The van der Waals surface area contributed by atoms with Crippen LogP contribution in [0, 0.1) is 12.8 Å². The highest BCUT2D eigenvalue weighted by molar-refractivity contribution is 7.90. The third kappa shape index (κ3) is 3.84. The minimum Gasteiger partial charge on any atom is -0.381 e. The molecule has 4 nitrogen and oxygen atoms in total. The SMILES string of the molecule is Cc1ccc(C[C@@H]2COCC[C@H]2S(=O)(=O)NC2CC2)cc1. The minimum absolute atomic E-state index is 0.0395. The molecule has 0 aromatic heterocycles. The van der Waals surface area contributed by atoms with E-state index < -0.39 is 10.0 Å². The fourth-order valence-corrected chi connectivity index (χ4v) is 4.89. The first kappa shape index (κ1) is 15.0. The van der Waals surface area contributed by atoms with E-state index in [4.69, 9.17) is 4.74 Å². The van der Waals surface area contributed by atoms with Crippen LogP contribution in [-0.4, -0.2) is 32.9 Å². The topological polar surface area (TPSA) is 55.4 Å². The lowest BCUT2D eigenvalue weighted by molar-refractivity contribution is 0.0570. The molecule has 0 spiro atoms. The first-order valence-corrected chi connectivity index (χ1v) is 9.24. The Bertz CT molecular complexity index is 578. The summed E-state index contributed by atoms with van der Waals surface area (Å²) in [6.07, 6.45) is 3.31. The van der Waals surface area contributed by atoms with Crippen LogP contribution in [0.4, 0.5) is 0 Å². The summed E-state index contributed by atoms with van der Waals surface area (Å²) in [6.45, 7) is 3.13. The molecule has 2 fully saturated rings. The van der Waals surface area contributed by atoms with Crippen LogP contribution in [0.25, 0.3) is 0 Å². The Morgan fingerprint density at radius 1 is 1.19 bits per heavy atom. The molecule has 1 N–H and O–H groups in total. The van der Waals surface area contributed by atoms with Crippen molar-refractivity contribution in [2.45, 2.75) is 43.9 Å². The quantitative estimate of drug-likeness (QED) is 0.905. The van der Waals surface area contributed by atoms with Crippen LogP contribution in [-0.2, 0) is 21.2 Å². The molecule has 1 aliphatic carbocycles. The van der Waals surface area contributed by atoms with Gasteiger partial charge >= 0.3 is 0 Å². The number of hydrogen-bond donors (Lipinski definition) is 1. The van der Waals surface area contributed by atoms with Gasteiger partial charge in [0.2, 0.25) is 10.0 Å². The van der Waals surface area contributed by atoms with Crippen molar-refractivity contribution in [2.24, 2.45) is 5.92 Å². The van der Waals surface area contributed by atoms with Gasteiger partial charge in [-0.2, -0.15) is 0 Å². The van der Waals surface area contributed by atoms with Crippen LogP contribution in [0.2, 0.25) is 0 Å². The Morgan fingerprint density at radius 2 is 1.90 bits per heavy atom. The monoisotopic (exact) mass is 309 g/mol. The van der Waals surface area contributed by atoms with Gasteiger partial charge in [0.15, 0.2) is 0 Å². The van der Waals surface area contributed by atoms with Gasteiger partial charge in [-0.15, -0.1) is 0 Å². The standard InChI is InChI=1S/C16H23NO3S/c1-12-2-4-13(5-3-12)10-14-11-20-9-8-16(14)21(18,19)17-15-6-7-15/h2-5,14-17H,6-11H2,1H3/t14-,16-/m1/s1. The molecule has 1 aromatic carbocycles. The van der Waals surface area contributed by atoms with Crippen LogP contribution in [0.5, 0.6) is 0 Å². The molecular formula is C16H23NO3S. The molecule has 0 amide bonds. The summed E-state index contributed by atoms with van der Waals surface area (Å²) in [5.41, 5.74) is 2.40. The largest absolute Gasteiger partial charge is 0.381 e. The van der Waals surface area contributed by atoms with Gasteiger partial charge in [-0.1, -0.05) is 29.8 Å². The highest BCUT2D eigenvalue weighted by Crippen LogP contribution is 2.28. The number of sulfonamides is 1. The van der Waals surface area contributed by atoms with Crippen molar-refractivity contribution in [1.29, 1.82) is 0 Å². The lowest BCUT2D eigenvalue weighted by atomic mass is 9.93. The Kier molecular flexibility index (Phi) is 4.33. The molecule has 5 heteroatoms. The van der Waals surface area contributed by atoms with Crippen LogP contribution in [0.1, 0.15) is 30.4 Å². The summed E-state index contributed by atoms with van der Waals surface area (Å²) < 4.78 is 33.4. The van der Waals surface area contributed by atoms with Crippen molar-refractivity contribution in [3.63, 3.8) is 0 Å². The normalized spacial score (nSPS) is 26.7. The van der Waals surface area contributed by atoms with E-state index in [0.29, 0.717) is 19.6 Å². The van der Waals surface area contributed by atoms with E-state index in [9.17, 15) is 8.42 Å². The highest BCUT2D eigenvalue weighted by atomic mass is 32.2. The number of aryl methyl sites for hydroxylation is 1. The zero-order chi connectivity index (χ0) is 14.9. The second-order valence-electron chi connectivity index (χ2n) is 6.29. The number of rotatable bonds is 5. The van der Waals surface area contributed by atoms with Gasteiger partial charge in [0, 0.05) is 18.6 Å². The summed E-state index contributed by atoms with van der Waals surface area (Å²) in [5, 5.41) is -0.326. The summed E-state index contributed by atoms with van der Waals surface area (Å²) in [7, 11) is -3.23. The lowest BCUT2D eigenvalue weighted by Crippen LogP contribution is -2.45. The average Bonchev–Trinajstić information content (AvgIpc) is 3.25. The van der Waals surface area contributed by atoms with E-state index in [1.54, 1.807) is 0 Å². The maximum Gasteiger partial charge on any atom is 0.215 e. The first-order valence-electron chi connectivity index (χ1n) is 7.69. The molecule has 1 heterocycles. The molecular weight excluding hydrogens is 286 g/mol. The van der Waals surface area contributed by atoms with E-state index in [1.165, 1.54) is 11.1 Å². The Hall–Kier alpha value is -0.910. The van der Waals surface area contributed by atoms with Crippen molar-refractivity contribution in [2.75, 3.05) is 13.2 Å². The molecule has 1 aliphatic heterocycles. The van der Waals surface area contributed by atoms with Crippen molar-refractivity contribution < 1.29 is 13.2 Å². The predicted octanol–water partition coefficient (Wildman–Crippen LogP) is 2.02. The third-order valence-corrected chi connectivity index (χ3v) is 6.41. The number of hydrogen-bond acceptors (Lipinski definition) is 3. The van der Waals surface area contributed by atoms with Crippen molar-refractivity contribution >= 4 is 10.0 Å². The van der Waals surface area contributed by atoms with Crippen molar-refractivity contribution in [3.8, 4) is 0 Å². The van der Waals surface area contributed by atoms with Crippen LogP contribution in [0.15, 0.2) is 24.3 Å². The molecule has 2 atom stereocenters. The van der Waals surface area contributed by atoms with E-state index in [1.807, 2.05) is 0 Å². The molecule has 116 valence electrons. The zero-order valence-corrected chi connectivity index (χ0v) is 13.2. The second kappa shape index (κ2) is 6.07. The van der Waals surface area contributed by atoms with Gasteiger partial charge in [-0.25, -0.2) is 13.1 Å². The summed E-state index contributed by atoms with van der Waals surface area (Å²) >= 11 is 0. The Balaban J connectivity index is 1.72. The van der Waals surface area contributed by atoms with Crippen LogP contribution >= 0.6 is 0 Å². The van der Waals surface area contributed by atoms with Crippen LogP contribution < -0.4 is 4.72 Å². The van der Waals surface area contributed by atoms with E-state index in [0.717, 1.165) is 19.3 Å². The molecule has 1 saturated heterocycles. The van der Waals surface area contributed by atoms with Gasteiger partial charge in [-0.05, 0) is 38.2 Å². The maximum atomic E-state index is 12.5. The zero-order valence-electron chi connectivity index (χ0n) is 12.4. The second-order valence-corrected chi connectivity index (χ2v) is 8.22. The third-order valence-electron chi connectivity index (χ3n) is 4.33. The molecule has 1 aromatic rings. The summed E-state index contributed by atoms with van der Waals surface area (Å²) in [5.74, 6) is 0.0395. The summed E-state index contributed by atoms with van der Waals surface area (Å²) in [4.78, 5) is 0. The van der Waals surface area contributed by atoms with Crippen LogP contribution in [0.3, 0.4) is 0 Å². The Labute approximate surface area is 126 Å². The van der Waals surface area contributed by atoms with Gasteiger partial charge in [0.1, 0.15) is 0 Å². The molecule has 0 radical (unpaired) electrons. The summed E-state index contributed by atoms with van der Waals surface area (Å²) in [6, 6.07) is 8.50. The van der Waals surface area contributed by atoms with E-state index in [2.05, 4.69) is 35.9 Å². The lowest BCUT2D eigenvalue weighted by Gasteiger charge is -2.31. The van der Waals surface area contributed by atoms with Gasteiger partial charge in [-0.3, -0.25) is 0 Å². The number of nitrogens with one attached hydrogen (secondary N) is 1. The van der Waals surface area contributed by atoms with E-state index in [-0.39, 0.29) is 17.2 Å². The average molecular weight is 309 g/mol. The van der Waals surface area contributed by atoms with Crippen molar-refractivity contribution in [3.05, 3.63) is 35.4 Å². The van der Waals surface area contributed by atoms with Gasteiger partial charge in [0.25, 0.3) is 0 Å². The predicted molar refractivity (Wildman–Crippen MR) is 82.7 cm³/mol. The number of benzene rings is 1. The fourth-order valence-electron chi connectivity index (χ4n) is 2.92. The molecule has 2 aliphatic rings. The minimum atomic E-state index is -3.23. The molecule has 21 heavy (non-hydrogen) atoms. The fraction of sp³-hybridized carbons (Fsp3) is 0.625. The highest BCUT2D eigenvalue weighted by Gasteiger charge is 2.39. The first-order chi connectivity index (χ1) is 10.0. The number of ether oxygens (including phenoxy) is 1. The smallest absolute Gasteiger partial charge is 0.215 e. The van der Waals surface area contributed by atoms with Crippen molar-refractivity contribution in [1.82, 2.24) is 4.72 Å². The maximum absolute atomic E-state index is 12.5.